The lowest BCUT2D eigenvalue weighted by molar-refractivity contribution is -0.134. The van der Waals surface area contributed by atoms with Crippen molar-refractivity contribution in [1.82, 2.24) is 10.2 Å². The Morgan fingerprint density at radius 2 is 1.76 bits per heavy atom. The van der Waals surface area contributed by atoms with Gasteiger partial charge in [-0.1, -0.05) is 55.2 Å². The molecule has 6 nitrogen and oxygen atoms in total. The van der Waals surface area contributed by atoms with E-state index in [1.54, 1.807) is 24.3 Å². The molecule has 0 unspecified atom stereocenters. The van der Waals surface area contributed by atoms with Crippen molar-refractivity contribution in [2.75, 3.05) is 36.4 Å². The first kappa shape index (κ1) is 25.0. The monoisotopic (exact) mass is 504 g/mol. The molecule has 0 saturated carbocycles. The van der Waals surface area contributed by atoms with E-state index in [9.17, 15) is 9.59 Å². The Kier molecular flexibility index (Phi) is 8.72. The van der Waals surface area contributed by atoms with Gasteiger partial charge in [0.25, 0.3) is 0 Å². The summed E-state index contributed by atoms with van der Waals surface area (Å²) < 4.78 is 0. The zero-order chi connectivity index (χ0) is 24.0. The van der Waals surface area contributed by atoms with Gasteiger partial charge in [-0.15, -0.1) is 0 Å². The van der Waals surface area contributed by atoms with Crippen molar-refractivity contribution in [1.29, 1.82) is 0 Å². The Labute approximate surface area is 209 Å². The summed E-state index contributed by atoms with van der Waals surface area (Å²) in [5, 5.41) is 6.93. The second-order valence-corrected chi connectivity index (χ2v) is 9.18. The molecule has 1 aliphatic rings. The molecular weight excluding hydrogens is 479 g/mol. The standard InChI is InChI=1S/C24H26Cl2N4O2S/c1-16(2)23(32)30-13-11-29(12-14-30)21-6-4-3-5-20(21)27-24(33)28-22(31)10-8-17-7-9-18(25)15-19(17)26/h3-10,15-16H,11-14H2,1-2H3,(H2,27,28,31,33)/b10-8+. The highest BCUT2D eigenvalue weighted by Crippen LogP contribution is 2.27. The van der Waals surface area contributed by atoms with Crippen LogP contribution in [0.2, 0.25) is 10.0 Å². The van der Waals surface area contributed by atoms with E-state index in [0.717, 1.165) is 24.5 Å². The van der Waals surface area contributed by atoms with Crippen molar-refractivity contribution in [3.05, 3.63) is 64.1 Å². The van der Waals surface area contributed by atoms with Crippen molar-refractivity contribution in [3.63, 3.8) is 0 Å². The van der Waals surface area contributed by atoms with Crippen molar-refractivity contribution in [3.8, 4) is 0 Å². The number of benzene rings is 2. The SMILES string of the molecule is CC(C)C(=O)N1CCN(c2ccccc2NC(=S)NC(=O)/C=C/c2ccc(Cl)cc2Cl)CC1. The lowest BCUT2D eigenvalue weighted by atomic mass is 10.1. The highest BCUT2D eigenvalue weighted by atomic mass is 35.5. The fourth-order valence-electron chi connectivity index (χ4n) is 3.50. The Morgan fingerprint density at radius 1 is 1.06 bits per heavy atom. The van der Waals surface area contributed by atoms with E-state index in [2.05, 4.69) is 15.5 Å². The van der Waals surface area contributed by atoms with Crippen LogP contribution < -0.4 is 15.5 Å². The van der Waals surface area contributed by atoms with Crippen LogP contribution in [-0.4, -0.2) is 48.0 Å². The van der Waals surface area contributed by atoms with Gasteiger partial charge < -0.3 is 15.1 Å². The quantitative estimate of drug-likeness (QED) is 0.451. The molecule has 1 fully saturated rings. The second-order valence-electron chi connectivity index (χ2n) is 7.93. The summed E-state index contributed by atoms with van der Waals surface area (Å²) in [7, 11) is 0. The number of anilines is 2. The first-order valence-electron chi connectivity index (χ1n) is 10.6. The van der Waals surface area contributed by atoms with E-state index in [-0.39, 0.29) is 22.8 Å². The molecule has 1 saturated heterocycles. The van der Waals surface area contributed by atoms with E-state index < -0.39 is 0 Å². The van der Waals surface area contributed by atoms with E-state index in [1.807, 2.05) is 43.0 Å². The third kappa shape index (κ3) is 6.93. The van der Waals surface area contributed by atoms with Crippen molar-refractivity contribution in [2.24, 2.45) is 5.92 Å². The molecule has 0 radical (unpaired) electrons. The first-order valence-corrected chi connectivity index (χ1v) is 11.8. The summed E-state index contributed by atoms with van der Waals surface area (Å²) in [6.07, 6.45) is 2.96. The number of piperazine rings is 1. The van der Waals surface area contributed by atoms with Crippen molar-refractivity contribution < 1.29 is 9.59 Å². The molecule has 2 aromatic carbocycles. The van der Waals surface area contributed by atoms with E-state index in [4.69, 9.17) is 35.4 Å². The molecule has 0 spiro atoms. The molecule has 2 amide bonds. The molecule has 0 aromatic heterocycles. The molecule has 0 aliphatic carbocycles. The number of hydrogen-bond acceptors (Lipinski definition) is 4. The minimum absolute atomic E-state index is 0.00347. The summed E-state index contributed by atoms with van der Waals surface area (Å²) in [5.41, 5.74) is 2.43. The van der Waals surface area contributed by atoms with E-state index >= 15 is 0 Å². The number of para-hydroxylation sites is 2. The lowest BCUT2D eigenvalue weighted by Crippen LogP contribution is -2.50. The van der Waals surface area contributed by atoms with E-state index in [0.29, 0.717) is 28.7 Å². The van der Waals surface area contributed by atoms with Crippen LogP contribution >= 0.6 is 35.4 Å². The number of rotatable bonds is 5. The van der Waals surface area contributed by atoms with Gasteiger partial charge in [-0.2, -0.15) is 0 Å². The Morgan fingerprint density at radius 3 is 2.42 bits per heavy atom. The summed E-state index contributed by atoms with van der Waals surface area (Å²) in [4.78, 5) is 28.7. The van der Waals surface area contributed by atoms with Gasteiger partial charge in [0.15, 0.2) is 5.11 Å². The predicted molar refractivity (Wildman–Crippen MR) is 140 cm³/mol. The topological polar surface area (TPSA) is 64.7 Å². The molecule has 2 N–H and O–H groups in total. The van der Waals surface area contributed by atoms with Crippen LogP contribution in [0.25, 0.3) is 6.08 Å². The molecule has 174 valence electrons. The first-order chi connectivity index (χ1) is 15.7. The van der Waals surface area contributed by atoms with Crippen LogP contribution in [0.15, 0.2) is 48.5 Å². The third-order valence-corrected chi connectivity index (χ3v) is 5.96. The number of nitrogens with one attached hydrogen (secondary N) is 2. The minimum atomic E-state index is -0.378. The zero-order valence-corrected chi connectivity index (χ0v) is 20.8. The highest BCUT2D eigenvalue weighted by molar-refractivity contribution is 7.80. The number of halogens is 2. The minimum Gasteiger partial charge on any atom is -0.366 e. The smallest absolute Gasteiger partial charge is 0.250 e. The molecule has 0 bridgehead atoms. The molecule has 3 rings (SSSR count). The maximum absolute atomic E-state index is 12.3. The summed E-state index contributed by atoms with van der Waals surface area (Å²) in [6, 6.07) is 12.8. The molecule has 1 heterocycles. The maximum Gasteiger partial charge on any atom is 0.250 e. The summed E-state index contributed by atoms with van der Waals surface area (Å²) >= 11 is 17.4. The molecule has 2 aromatic rings. The average molecular weight is 505 g/mol. The van der Waals surface area contributed by atoms with Gasteiger partial charge >= 0.3 is 0 Å². The molecule has 9 heteroatoms. The predicted octanol–water partition coefficient (Wildman–Crippen LogP) is 4.82. The number of nitrogens with zero attached hydrogens (tertiary/aromatic N) is 2. The van der Waals surface area contributed by atoms with Crippen molar-refractivity contribution >= 4 is 69.8 Å². The molecule has 33 heavy (non-hydrogen) atoms. The Hall–Kier alpha value is -2.61. The van der Waals surface area contributed by atoms with Gasteiger partial charge in [-0.05, 0) is 48.1 Å². The Bertz CT molecular complexity index is 1070. The van der Waals surface area contributed by atoms with Crippen molar-refractivity contribution in [2.45, 2.75) is 13.8 Å². The van der Waals surface area contributed by atoms with Gasteiger partial charge in [-0.3, -0.25) is 14.9 Å². The molecule has 1 aliphatic heterocycles. The van der Waals surface area contributed by atoms with E-state index in [1.165, 1.54) is 6.08 Å². The molecule has 0 atom stereocenters. The number of hydrogen-bond donors (Lipinski definition) is 2. The maximum atomic E-state index is 12.3. The van der Waals surface area contributed by atoms with Gasteiger partial charge in [0.2, 0.25) is 11.8 Å². The summed E-state index contributed by atoms with van der Waals surface area (Å²) in [5.74, 6) is -0.203. The second kappa shape index (κ2) is 11.5. The van der Waals surface area contributed by atoms with Crippen LogP contribution in [-0.2, 0) is 9.59 Å². The van der Waals surface area contributed by atoms with Crippen LogP contribution in [0.4, 0.5) is 11.4 Å². The number of carbonyl (C=O) groups is 2. The lowest BCUT2D eigenvalue weighted by Gasteiger charge is -2.37. The number of carbonyl (C=O) groups excluding carboxylic acids is 2. The van der Waals surface area contributed by atoms with Crippen LogP contribution in [0.3, 0.4) is 0 Å². The fourth-order valence-corrected chi connectivity index (χ4v) is 4.18. The average Bonchev–Trinajstić information content (AvgIpc) is 2.78. The largest absolute Gasteiger partial charge is 0.366 e. The zero-order valence-electron chi connectivity index (χ0n) is 18.5. The Balaban J connectivity index is 1.59. The molecular formula is C24H26Cl2N4O2S. The van der Waals surface area contributed by atoms with Gasteiger partial charge in [0.05, 0.1) is 11.4 Å². The number of amides is 2. The van der Waals surface area contributed by atoms with Gasteiger partial charge in [-0.25, -0.2) is 0 Å². The fraction of sp³-hybridized carbons (Fsp3) is 0.292. The normalized spacial score (nSPS) is 14.0. The highest BCUT2D eigenvalue weighted by Gasteiger charge is 2.24. The van der Waals surface area contributed by atoms with Crippen LogP contribution in [0, 0.1) is 5.92 Å². The van der Waals surface area contributed by atoms with Crippen LogP contribution in [0.5, 0.6) is 0 Å². The van der Waals surface area contributed by atoms with Gasteiger partial charge in [0.1, 0.15) is 0 Å². The summed E-state index contributed by atoms with van der Waals surface area (Å²) in [6.45, 7) is 6.63. The number of thiocarbonyl (C=S) groups is 1. The third-order valence-electron chi connectivity index (χ3n) is 5.19. The van der Waals surface area contributed by atoms with Crippen LogP contribution in [0.1, 0.15) is 19.4 Å². The van der Waals surface area contributed by atoms with Gasteiger partial charge in [0, 0.05) is 48.2 Å².